The highest BCUT2D eigenvalue weighted by Gasteiger charge is 2.38. The third kappa shape index (κ3) is 7.62. The Morgan fingerprint density at radius 3 is 2.57 bits per heavy atom. The van der Waals surface area contributed by atoms with Crippen molar-refractivity contribution in [3.05, 3.63) is 75.8 Å². The first-order valence-electron chi connectivity index (χ1n) is 12.9. The standard InChI is InChI=1S/C26H26N6O2S.C2HF3O2/c1-31-12-10-21-23(16-31)35-25(29-21)30-24(33)19-7-3-6-18(14-19)22-9-4-11-32(22)26(34)28-20-8-2-5-17(13-20)15-27;3-2(4,5)1(6)7/h2-3,5-8,13-14,22H,4,9-12,16H2,1H3,(H,28,34)(H,29,30,33);(H,6,7)/t22-;/m1./s1. The Bertz CT molecular complexity index is 1520. The molecule has 2 aliphatic heterocycles. The lowest BCUT2D eigenvalue weighted by atomic mass is 10.0. The number of nitriles is 1. The van der Waals surface area contributed by atoms with Crippen LogP contribution in [0.1, 0.15) is 50.9 Å². The number of nitrogens with zero attached hydrogens (tertiary/aromatic N) is 4. The normalized spacial score (nSPS) is 16.5. The summed E-state index contributed by atoms with van der Waals surface area (Å²) in [6, 6.07) is 16.1. The minimum absolute atomic E-state index is 0.121. The highest BCUT2D eigenvalue weighted by atomic mass is 32.1. The largest absolute Gasteiger partial charge is 0.490 e. The Morgan fingerprint density at radius 2 is 1.86 bits per heavy atom. The lowest BCUT2D eigenvalue weighted by Crippen LogP contribution is -2.34. The van der Waals surface area contributed by atoms with E-state index in [1.54, 1.807) is 35.2 Å². The van der Waals surface area contributed by atoms with E-state index in [0.717, 1.165) is 43.6 Å². The van der Waals surface area contributed by atoms with Gasteiger partial charge in [0.15, 0.2) is 5.13 Å². The van der Waals surface area contributed by atoms with Crippen molar-refractivity contribution >= 4 is 40.1 Å². The number of hydrogen-bond acceptors (Lipinski definition) is 7. The van der Waals surface area contributed by atoms with Crippen LogP contribution >= 0.6 is 11.3 Å². The Morgan fingerprint density at radius 1 is 1.12 bits per heavy atom. The van der Waals surface area contributed by atoms with E-state index in [4.69, 9.17) is 15.2 Å². The highest BCUT2D eigenvalue weighted by molar-refractivity contribution is 7.15. The molecular formula is C28H27F3N6O4S. The average molecular weight is 601 g/mol. The predicted molar refractivity (Wildman–Crippen MR) is 149 cm³/mol. The SMILES string of the molecule is CN1CCc2nc(NC(=O)c3cccc([C@H]4CCCN4C(=O)Nc4cccc(C#N)c4)c3)sc2C1.O=C(O)C(F)(F)F. The maximum atomic E-state index is 13.0. The molecule has 2 aliphatic rings. The molecule has 14 heteroatoms. The minimum atomic E-state index is -5.08. The molecule has 1 fully saturated rings. The minimum Gasteiger partial charge on any atom is -0.475 e. The molecule has 0 unspecified atom stereocenters. The lowest BCUT2D eigenvalue weighted by Gasteiger charge is -2.25. The van der Waals surface area contributed by atoms with E-state index < -0.39 is 12.1 Å². The van der Waals surface area contributed by atoms with Gasteiger partial charge in [0.25, 0.3) is 5.91 Å². The number of aliphatic carboxylic acids is 1. The molecule has 1 saturated heterocycles. The average Bonchev–Trinajstić information content (AvgIpc) is 3.60. The Labute approximate surface area is 243 Å². The van der Waals surface area contributed by atoms with E-state index in [1.807, 2.05) is 18.2 Å². The Hall–Kier alpha value is -4.48. The molecule has 42 heavy (non-hydrogen) atoms. The zero-order valence-corrected chi connectivity index (χ0v) is 23.3. The summed E-state index contributed by atoms with van der Waals surface area (Å²) in [5.74, 6) is -2.96. The number of urea groups is 1. The van der Waals surface area contributed by atoms with Crippen LogP contribution in [-0.2, 0) is 17.8 Å². The molecule has 0 radical (unpaired) electrons. The number of likely N-dealkylation sites (N-methyl/N-ethyl adjacent to an activating group) is 1. The van der Waals surface area contributed by atoms with Crippen molar-refractivity contribution in [1.29, 1.82) is 5.26 Å². The first-order valence-corrected chi connectivity index (χ1v) is 13.7. The fraction of sp³-hybridized carbons (Fsp3) is 0.321. The number of rotatable bonds is 4. The fourth-order valence-electron chi connectivity index (χ4n) is 4.65. The number of carboxylic acid groups (broad SMARTS) is 1. The molecule has 0 saturated carbocycles. The van der Waals surface area contributed by atoms with Gasteiger partial charge in [-0.3, -0.25) is 10.1 Å². The van der Waals surface area contributed by atoms with Crippen LogP contribution in [0, 0.1) is 11.3 Å². The van der Waals surface area contributed by atoms with Crippen molar-refractivity contribution in [2.75, 3.05) is 30.8 Å². The van der Waals surface area contributed by atoms with Crippen LogP contribution in [0.2, 0.25) is 0 Å². The molecule has 3 aromatic rings. The number of halogens is 3. The molecule has 5 rings (SSSR count). The van der Waals surface area contributed by atoms with Crippen molar-refractivity contribution in [2.24, 2.45) is 0 Å². The molecular weight excluding hydrogens is 573 g/mol. The van der Waals surface area contributed by atoms with Crippen molar-refractivity contribution in [3.8, 4) is 6.07 Å². The predicted octanol–water partition coefficient (Wildman–Crippen LogP) is 5.26. The monoisotopic (exact) mass is 600 g/mol. The second-order valence-electron chi connectivity index (χ2n) is 9.73. The second-order valence-corrected chi connectivity index (χ2v) is 10.8. The first kappa shape index (κ1) is 30.5. The van der Waals surface area contributed by atoms with Crippen LogP contribution in [0.5, 0.6) is 0 Å². The summed E-state index contributed by atoms with van der Waals surface area (Å²) in [5, 5.41) is 22.7. The van der Waals surface area contributed by atoms with Gasteiger partial charge < -0.3 is 20.2 Å². The van der Waals surface area contributed by atoms with Gasteiger partial charge >= 0.3 is 18.2 Å². The number of anilines is 2. The molecule has 1 atom stereocenters. The Balaban J connectivity index is 0.000000517. The molecule has 10 nitrogen and oxygen atoms in total. The molecule has 2 aromatic carbocycles. The number of alkyl halides is 3. The summed E-state index contributed by atoms with van der Waals surface area (Å²) >= 11 is 1.53. The second kappa shape index (κ2) is 13.0. The van der Waals surface area contributed by atoms with Gasteiger partial charge in [-0.15, -0.1) is 11.3 Å². The van der Waals surface area contributed by atoms with Gasteiger partial charge in [0.1, 0.15) is 0 Å². The van der Waals surface area contributed by atoms with Crippen LogP contribution in [0.3, 0.4) is 0 Å². The van der Waals surface area contributed by atoms with E-state index in [0.29, 0.717) is 28.5 Å². The molecule has 3 N–H and O–H groups in total. The van der Waals surface area contributed by atoms with Crippen molar-refractivity contribution in [3.63, 3.8) is 0 Å². The fourth-order valence-corrected chi connectivity index (χ4v) is 5.73. The molecule has 0 bridgehead atoms. The van der Waals surface area contributed by atoms with Crippen molar-refractivity contribution in [1.82, 2.24) is 14.8 Å². The maximum absolute atomic E-state index is 13.0. The molecule has 220 valence electrons. The van der Waals surface area contributed by atoms with Gasteiger partial charge in [-0.25, -0.2) is 14.6 Å². The molecule has 0 spiro atoms. The van der Waals surface area contributed by atoms with Crippen LogP contribution in [0.4, 0.5) is 28.8 Å². The molecule has 1 aromatic heterocycles. The van der Waals surface area contributed by atoms with E-state index >= 15 is 0 Å². The topological polar surface area (TPSA) is 139 Å². The number of thiazole rings is 1. The quantitative estimate of drug-likeness (QED) is 0.372. The summed E-state index contributed by atoms with van der Waals surface area (Å²) in [7, 11) is 2.09. The number of carbonyl (C=O) groups is 3. The van der Waals surface area contributed by atoms with Gasteiger partial charge in [0.05, 0.1) is 23.4 Å². The number of amides is 3. The zero-order chi connectivity index (χ0) is 30.4. The summed E-state index contributed by atoms with van der Waals surface area (Å²) in [5.41, 5.74) is 3.63. The number of nitrogens with one attached hydrogen (secondary N) is 2. The number of fused-ring (bicyclic) bond motifs is 1. The smallest absolute Gasteiger partial charge is 0.475 e. The number of carboxylic acids is 1. The van der Waals surface area contributed by atoms with Gasteiger partial charge in [0.2, 0.25) is 0 Å². The molecule has 3 heterocycles. The van der Waals surface area contributed by atoms with Gasteiger partial charge in [-0.1, -0.05) is 18.2 Å². The zero-order valence-electron chi connectivity index (χ0n) is 22.4. The summed E-state index contributed by atoms with van der Waals surface area (Å²) in [6.45, 7) is 2.46. The van der Waals surface area contributed by atoms with E-state index in [9.17, 15) is 22.8 Å². The van der Waals surface area contributed by atoms with Gasteiger partial charge in [-0.05, 0) is 55.8 Å². The van der Waals surface area contributed by atoms with E-state index in [2.05, 4.69) is 33.6 Å². The van der Waals surface area contributed by atoms with Crippen LogP contribution in [-0.4, -0.2) is 64.1 Å². The molecule has 3 amide bonds. The summed E-state index contributed by atoms with van der Waals surface area (Å²) in [6.07, 6.45) is -2.48. The first-order chi connectivity index (χ1) is 19.9. The van der Waals surface area contributed by atoms with Gasteiger partial charge in [0, 0.05) is 42.2 Å². The van der Waals surface area contributed by atoms with Crippen LogP contribution in [0.15, 0.2) is 48.5 Å². The van der Waals surface area contributed by atoms with Crippen LogP contribution < -0.4 is 10.6 Å². The summed E-state index contributed by atoms with van der Waals surface area (Å²) in [4.78, 5) is 44.8. The number of hydrogen-bond donors (Lipinski definition) is 3. The summed E-state index contributed by atoms with van der Waals surface area (Å²) < 4.78 is 31.7. The van der Waals surface area contributed by atoms with Crippen molar-refractivity contribution in [2.45, 2.75) is 38.0 Å². The third-order valence-electron chi connectivity index (χ3n) is 6.68. The molecule has 0 aliphatic carbocycles. The highest BCUT2D eigenvalue weighted by Crippen LogP contribution is 2.33. The van der Waals surface area contributed by atoms with Crippen LogP contribution in [0.25, 0.3) is 0 Å². The third-order valence-corrected chi connectivity index (χ3v) is 7.67. The van der Waals surface area contributed by atoms with Gasteiger partial charge in [-0.2, -0.15) is 18.4 Å². The van der Waals surface area contributed by atoms with E-state index in [-0.39, 0.29) is 18.0 Å². The van der Waals surface area contributed by atoms with E-state index in [1.165, 1.54) is 16.2 Å². The Kier molecular flexibility index (Phi) is 9.44. The lowest BCUT2D eigenvalue weighted by molar-refractivity contribution is -0.192. The number of aromatic nitrogens is 1. The maximum Gasteiger partial charge on any atom is 0.490 e. The number of carbonyl (C=O) groups excluding carboxylic acids is 2. The number of benzene rings is 2. The number of likely N-dealkylation sites (tertiary alicyclic amines) is 1. The van der Waals surface area contributed by atoms with Crippen molar-refractivity contribution < 1.29 is 32.7 Å².